The van der Waals surface area contributed by atoms with Crippen LogP contribution in [0.5, 0.6) is 0 Å². The van der Waals surface area contributed by atoms with Crippen molar-refractivity contribution >= 4 is 0 Å². The summed E-state index contributed by atoms with van der Waals surface area (Å²) in [6, 6.07) is 0.873. The van der Waals surface area contributed by atoms with Gasteiger partial charge in [0.2, 0.25) is 0 Å². The highest BCUT2D eigenvalue weighted by molar-refractivity contribution is 4.90. The summed E-state index contributed by atoms with van der Waals surface area (Å²) in [4.78, 5) is 0. The summed E-state index contributed by atoms with van der Waals surface area (Å²) in [6.45, 7) is 0.429. The van der Waals surface area contributed by atoms with Gasteiger partial charge in [-0.15, -0.1) is 0 Å². The first-order chi connectivity index (χ1) is 5.94. The van der Waals surface area contributed by atoms with Crippen LogP contribution in [-0.4, -0.2) is 24.9 Å². The maximum Gasteiger partial charge on any atom is 0.319 e. The predicted octanol–water partition coefficient (Wildman–Crippen LogP) is 1.78. The molecule has 0 aliphatic heterocycles. The Morgan fingerprint density at radius 1 is 1.46 bits per heavy atom. The van der Waals surface area contributed by atoms with Crippen LogP contribution in [0.1, 0.15) is 13.3 Å². The van der Waals surface area contributed by atoms with Crippen LogP contribution in [0.3, 0.4) is 0 Å². The van der Waals surface area contributed by atoms with E-state index in [0.717, 1.165) is 0 Å². The second kappa shape index (κ2) is 5.02. The summed E-state index contributed by atoms with van der Waals surface area (Å²) >= 11 is 0. The summed E-state index contributed by atoms with van der Waals surface area (Å²) < 4.78 is 47.7. The number of rotatable bonds is 5. The summed E-state index contributed by atoms with van der Waals surface area (Å²) in [5.74, 6) is -4.07. The summed E-state index contributed by atoms with van der Waals surface area (Å²) in [7, 11) is 0. The normalized spacial score (nSPS) is 14.2. The minimum atomic E-state index is -4.07. The van der Waals surface area contributed by atoms with Crippen molar-refractivity contribution < 1.29 is 17.6 Å². The molecule has 0 spiro atoms. The van der Waals surface area contributed by atoms with E-state index in [1.165, 1.54) is 0 Å². The highest BCUT2D eigenvalue weighted by Crippen LogP contribution is 2.21. The molecule has 0 amide bonds. The Balaban J connectivity index is 3.94. The fraction of sp³-hybridized carbons (Fsp3) is 0.857. The Labute approximate surface area is 73.5 Å². The van der Waals surface area contributed by atoms with Gasteiger partial charge in [0.05, 0.1) is 18.7 Å². The second-order valence-corrected chi connectivity index (χ2v) is 2.53. The van der Waals surface area contributed by atoms with Gasteiger partial charge in [-0.3, -0.25) is 5.32 Å². The Kier molecular flexibility index (Phi) is 4.70. The molecule has 2 nitrogen and oxygen atoms in total. The van der Waals surface area contributed by atoms with E-state index in [1.807, 2.05) is 5.32 Å². The molecule has 1 unspecified atom stereocenters. The molecule has 0 saturated carbocycles. The molecule has 0 aromatic carbocycles. The van der Waals surface area contributed by atoms with Crippen molar-refractivity contribution in [3.05, 3.63) is 0 Å². The zero-order valence-corrected chi connectivity index (χ0v) is 7.03. The molecule has 0 aliphatic carbocycles. The molecule has 13 heavy (non-hydrogen) atoms. The second-order valence-electron chi connectivity index (χ2n) is 2.53. The van der Waals surface area contributed by atoms with Gasteiger partial charge >= 0.3 is 12.3 Å². The van der Waals surface area contributed by atoms with Crippen LogP contribution in [-0.2, 0) is 0 Å². The van der Waals surface area contributed by atoms with Crippen LogP contribution >= 0.6 is 0 Å². The van der Waals surface area contributed by atoms with Gasteiger partial charge in [-0.2, -0.15) is 14.0 Å². The van der Waals surface area contributed by atoms with E-state index in [1.54, 1.807) is 13.0 Å². The molecule has 0 aromatic heterocycles. The van der Waals surface area contributed by atoms with Crippen molar-refractivity contribution in [1.82, 2.24) is 5.32 Å². The lowest BCUT2D eigenvalue weighted by Gasteiger charge is -2.17. The zero-order valence-electron chi connectivity index (χ0n) is 7.03. The third-order valence-electron chi connectivity index (χ3n) is 1.47. The SMILES string of the molecule is CCC(C#N)NCC(F)(F)C(F)F. The molecule has 0 aromatic rings. The maximum absolute atomic E-state index is 12.3. The van der Waals surface area contributed by atoms with Crippen LogP contribution in [0.15, 0.2) is 0 Å². The van der Waals surface area contributed by atoms with Crippen molar-refractivity contribution in [1.29, 1.82) is 5.26 Å². The van der Waals surface area contributed by atoms with E-state index >= 15 is 0 Å². The number of hydrogen-bond donors (Lipinski definition) is 1. The number of nitriles is 1. The molecular weight excluding hydrogens is 188 g/mol. The molecule has 1 atom stereocenters. The smallest absolute Gasteiger partial charge is 0.296 e. The lowest BCUT2D eigenvalue weighted by molar-refractivity contribution is -0.125. The van der Waals surface area contributed by atoms with Gasteiger partial charge in [0.15, 0.2) is 0 Å². The average Bonchev–Trinajstić information content (AvgIpc) is 2.06. The van der Waals surface area contributed by atoms with Gasteiger partial charge in [0.1, 0.15) is 0 Å². The largest absolute Gasteiger partial charge is 0.319 e. The van der Waals surface area contributed by atoms with Gasteiger partial charge in [0, 0.05) is 0 Å². The molecule has 6 heteroatoms. The van der Waals surface area contributed by atoms with Crippen molar-refractivity contribution in [2.24, 2.45) is 0 Å². The highest BCUT2D eigenvalue weighted by Gasteiger charge is 2.40. The number of halogens is 4. The van der Waals surface area contributed by atoms with Crippen molar-refractivity contribution in [2.45, 2.75) is 31.7 Å². The summed E-state index contributed by atoms with van der Waals surface area (Å²) in [6.07, 6.45) is -3.40. The van der Waals surface area contributed by atoms with Crippen LogP contribution in [0.25, 0.3) is 0 Å². The molecule has 76 valence electrons. The van der Waals surface area contributed by atoms with Crippen molar-refractivity contribution in [2.75, 3.05) is 6.54 Å². The first-order valence-corrected chi connectivity index (χ1v) is 3.73. The lowest BCUT2D eigenvalue weighted by Crippen LogP contribution is -2.42. The first kappa shape index (κ1) is 12.2. The van der Waals surface area contributed by atoms with Crippen LogP contribution in [0, 0.1) is 11.3 Å². The van der Waals surface area contributed by atoms with E-state index in [0.29, 0.717) is 6.42 Å². The van der Waals surface area contributed by atoms with Crippen LogP contribution in [0.4, 0.5) is 17.6 Å². The quantitative estimate of drug-likeness (QED) is 0.683. The molecule has 0 bridgehead atoms. The third-order valence-corrected chi connectivity index (χ3v) is 1.47. The van der Waals surface area contributed by atoms with E-state index in [9.17, 15) is 17.6 Å². The molecule has 0 saturated heterocycles. The van der Waals surface area contributed by atoms with Crippen LogP contribution < -0.4 is 5.32 Å². The van der Waals surface area contributed by atoms with E-state index in [4.69, 9.17) is 5.26 Å². The van der Waals surface area contributed by atoms with Crippen LogP contribution in [0.2, 0.25) is 0 Å². The Bertz CT molecular complexity index is 187. The number of nitrogens with one attached hydrogen (secondary N) is 1. The number of alkyl halides is 4. The predicted molar refractivity (Wildman–Crippen MR) is 38.6 cm³/mol. The van der Waals surface area contributed by atoms with Gasteiger partial charge < -0.3 is 0 Å². The van der Waals surface area contributed by atoms with Crippen molar-refractivity contribution in [3.63, 3.8) is 0 Å². The molecule has 0 rings (SSSR count). The van der Waals surface area contributed by atoms with Gasteiger partial charge in [0.25, 0.3) is 0 Å². The minimum absolute atomic E-state index is 0.301. The number of nitrogens with zero attached hydrogens (tertiary/aromatic N) is 1. The zero-order chi connectivity index (χ0) is 10.5. The van der Waals surface area contributed by atoms with Crippen molar-refractivity contribution in [3.8, 4) is 6.07 Å². The number of hydrogen-bond acceptors (Lipinski definition) is 2. The molecular formula is C7H10F4N2. The van der Waals surface area contributed by atoms with E-state index in [2.05, 4.69) is 0 Å². The topological polar surface area (TPSA) is 35.8 Å². The van der Waals surface area contributed by atoms with E-state index in [-0.39, 0.29) is 0 Å². The molecule has 0 heterocycles. The highest BCUT2D eigenvalue weighted by atomic mass is 19.3. The Hall–Kier alpha value is -0.830. The molecule has 1 N–H and O–H groups in total. The van der Waals surface area contributed by atoms with Gasteiger partial charge in [-0.05, 0) is 6.42 Å². The first-order valence-electron chi connectivity index (χ1n) is 3.73. The molecule has 0 fully saturated rings. The Morgan fingerprint density at radius 3 is 2.31 bits per heavy atom. The molecule has 0 aliphatic rings. The minimum Gasteiger partial charge on any atom is -0.296 e. The third kappa shape index (κ3) is 4.08. The van der Waals surface area contributed by atoms with E-state index < -0.39 is 24.9 Å². The average molecular weight is 198 g/mol. The van der Waals surface area contributed by atoms with Gasteiger partial charge in [-0.25, -0.2) is 8.78 Å². The monoisotopic (exact) mass is 198 g/mol. The Morgan fingerprint density at radius 2 is 2.00 bits per heavy atom. The lowest BCUT2D eigenvalue weighted by atomic mass is 10.2. The fourth-order valence-electron chi connectivity index (χ4n) is 0.618. The van der Waals surface area contributed by atoms with Gasteiger partial charge in [-0.1, -0.05) is 6.92 Å². The standard InChI is InChI=1S/C7H10F4N2/c1-2-5(3-12)13-4-7(10,11)6(8)9/h5-6,13H,2,4H2,1H3. The fourth-order valence-corrected chi connectivity index (χ4v) is 0.618. The summed E-state index contributed by atoms with van der Waals surface area (Å²) in [5.41, 5.74) is 0. The maximum atomic E-state index is 12.3. The summed E-state index contributed by atoms with van der Waals surface area (Å²) in [5, 5.41) is 10.4. The molecule has 0 radical (unpaired) electrons.